The molecule has 0 fully saturated rings. The molecule has 5 rings (SSSR count). The van der Waals surface area contributed by atoms with E-state index in [2.05, 4.69) is 5.32 Å². The van der Waals surface area contributed by atoms with Gasteiger partial charge >= 0.3 is 0 Å². The molecule has 1 amide bonds. The summed E-state index contributed by atoms with van der Waals surface area (Å²) >= 11 is 1.25. The van der Waals surface area contributed by atoms with Gasteiger partial charge in [0.2, 0.25) is 0 Å². The maximum absolute atomic E-state index is 13.4. The van der Waals surface area contributed by atoms with Crippen molar-refractivity contribution < 1.29 is 23.7 Å². The van der Waals surface area contributed by atoms with E-state index in [9.17, 15) is 4.79 Å². The molecule has 8 nitrogen and oxygen atoms in total. The zero-order valence-corrected chi connectivity index (χ0v) is 23.6. The molecule has 0 radical (unpaired) electrons. The summed E-state index contributed by atoms with van der Waals surface area (Å²) in [5.74, 6) is 2.08. The number of ether oxygens (including phenoxy) is 4. The zero-order valence-electron chi connectivity index (χ0n) is 22.8. The number of benzene rings is 3. The van der Waals surface area contributed by atoms with Crippen molar-refractivity contribution in [1.82, 2.24) is 4.98 Å². The van der Waals surface area contributed by atoms with E-state index in [4.69, 9.17) is 29.7 Å². The number of rotatable bonds is 8. The summed E-state index contributed by atoms with van der Waals surface area (Å²) in [7, 11) is 6.36. The monoisotopic (exact) mass is 555 g/mol. The minimum absolute atomic E-state index is 0.296. The lowest BCUT2D eigenvalue weighted by Gasteiger charge is -2.13. The standard InChI is InChI=1S/C31H29N3O5S/c1-17-6-10-20(11-7-17)33-30(35)29-28(32)27-21(18-8-12-23(36-2)25(14-18)38-4)16-22(34-31(27)40-29)19-9-13-24(37-3)26(15-19)39-5/h6-16H,32H2,1-5H3,(H,33,35). The molecule has 0 aliphatic rings. The Morgan fingerprint density at radius 2 is 1.35 bits per heavy atom. The van der Waals surface area contributed by atoms with Crippen LogP contribution in [0, 0.1) is 6.92 Å². The Balaban J connectivity index is 1.70. The molecule has 2 heterocycles. The van der Waals surface area contributed by atoms with E-state index < -0.39 is 0 Å². The first kappa shape index (κ1) is 26.8. The summed E-state index contributed by atoms with van der Waals surface area (Å²) in [6.45, 7) is 1.99. The molecular formula is C31H29N3O5S. The van der Waals surface area contributed by atoms with E-state index in [0.717, 1.165) is 22.3 Å². The van der Waals surface area contributed by atoms with Crippen LogP contribution >= 0.6 is 11.3 Å². The number of nitrogen functional groups attached to an aromatic ring is 1. The molecule has 0 saturated carbocycles. The summed E-state index contributed by atoms with van der Waals surface area (Å²) < 4.78 is 21.9. The molecule has 0 aliphatic carbocycles. The van der Waals surface area contributed by atoms with Gasteiger partial charge in [-0.05, 0) is 66.6 Å². The van der Waals surface area contributed by atoms with Gasteiger partial charge in [-0.25, -0.2) is 4.98 Å². The van der Waals surface area contributed by atoms with Crippen LogP contribution in [0.2, 0.25) is 0 Å². The quantitative estimate of drug-likeness (QED) is 0.217. The van der Waals surface area contributed by atoms with Gasteiger partial charge in [0.1, 0.15) is 9.71 Å². The molecule has 0 saturated heterocycles. The molecule has 0 atom stereocenters. The summed E-state index contributed by atoms with van der Waals surface area (Å²) in [6, 6.07) is 20.8. The molecule has 40 heavy (non-hydrogen) atoms. The molecule has 0 unspecified atom stereocenters. The second-order valence-corrected chi connectivity index (χ2v) is 10.0. The van der Waals surface area contributed by atoms with E-state index in [1.165, 1.54) is 11.3 Å². The van der Waals surface area contributed by atoms with Crippen LogP contribution in [0.1, 0.15) is 15.2 Å². The normalized spacial score (nSPS) is 10.8. The number of fused-ring (bicyclic) bond motifs is 1. The second kappa shape index (κ2) is 11.2. The van der Waals surface area contributed by atoms with Crippen molar-refractivity contribution in [2.45, 2.75) is 6.92 Å². The molecular weight excluding hydrogens is 526 g/mol. The van der Waals surface area contributed by atoms with E-state index in [0.29, 0.717) is 55.2 Å². The number of thiophene rings is 1. The van der Waals surface area contributed by atoms with Crippen LogP contribution in [0.15, 0.2) is 66.7 Å². The number of nitrogens with two attached hydrogens (primary N) is 1. The third-order valence-corrected chi connectivity index (χ3v) is 7.69. The van der Waals surface area contributed by atoms with Crippen LogP contribution in [-0.2, 0) is 0 Å². The smallest absolute Gasteiger partial charge is 0.267 e. The number of pyridine rings is 1. The van der Waals surface area contributed by atoms with Crippen LogP contribution in [0.4, 0.5) is 11.4 Å². The number of carbonyl (C=O) groups excluding carboxylic acids is 1. The third-order valence-electron chi connectivity index (χ3n) is 6.59. The number of carbonyl (C=O) groups is 1. The number of nitrogens with one attached hydrogen (secondary N) is 1. The number of methoxy groups -OCH3 is 4. The van der Waals surface area contributed by atoms with Crippen molar-refractivity contribution >= 4 is 38.8 Å². The summed E-state index contributed by atoms with van der Waals surface area (Å²) in [5, 5.41) is 3.64. The van der Waals surface area contributed by atoms with Crippen LogP contribution in [-0.4, -0.2) is 39.3 Å². The van der Waals surface area contributed by atoms with Crippen molar-refractivity contribution in [2.75, 3.05) is 39.5 Å². The van der Waals surface area contributed by atoms with Gasteiger partial charge in [0, 0.05) is 16.6 Å². The van der Waals surface area contributed by atoms with Crippen molar-refractivity contribution in [3.8, 4) is 45.4 Å². The lowest BCUT2D eigenvalue weighted by atomic mass is 9.99. The molecule has 9 heteroatoms. The molecule has 0 aliphatic heterocycles. The van der Waals surface area contributed by atoms with Gasteiger partial charge in [-0.15, -0.1) is 11.3 Å². The fraction of sp³-hybridized carbons (Fsp3) is 0.161. The fourth-order valence-electron chi connectivity index (χ4n) is 4.49. The highest BCUT2D eigenvalue weighted by Crippen LogP contribution is 2.44. The van der Waals surface area contributed by atoms with Gasteiger partial charge in [0.15, 0.2) is 23.0 Å². The number of aryl methyl sites for hydroxylation is 1. The highest BCUT2D eigenvalue weighted by atomic mass is 32.1. The van der Waals surface area contributed by atoms with Crippen LogP contribution in [0.5, 0.6) is 23.0 Å². The topological polar surface area (TPSA) is 105 Å². The Morgan fingerprint density at radius 1 is 0.775 bits per heavy atom. The number of nitrogens with zero attached hydrogens (tertiary/aromatic N) is 1. The summed E-state index contributed by atoms with van der Waals surface area (Å²) in [6.07, 6.45) is 0. The lowest BCUT2D eigenvalue weighted by molar-refractivity contribution is 0.103. The van der Waals surface area contributed by atoms with Gasteiger partial charge in [-0.1, -0.05) is 23.8 Å². The average Bonchev–Trinajstić information content (AvgIpc) is 3.33. The summed E-state index contributed by atoms with van der Waals surface area (Å²) in [4.78, 5) is 19.3. The first-order valence-electron chi connectivity index (χ1n) is 12.4. The molecule has 0 bridgehead atoms. The van der Waals surface area contributed by atoms with Crippen LogP contribution < -0.4 is 30.0 Å². The molecule has 3 aromatic carbocycles. The Bertz CT molecular complexity index is 1710. The van der Waals surface area contributed by atoms with Crippen molar-refractivity contribution in [3.05, 3.63) is 77.2 Å². The van der Waals surface area contributed by atoms with Crippen LogP contribution in [0.25, 0.3) is 32.6 Å². The highest BCUT2D eigenvalue weighted by molar-refractivity contribution is 7.21. The van der Waals surface area contributed by atoms with Crippen molar-refractivity contribution in [1.29, 1.82) is 0 Å². The fourth-order valence-corrected chi connectivity index (χ4v) is 5.50. The van der Waals surface area contributed by atoms with Crippen molar-refractivity contribution in [2.24, 2.45) is 0 Å². The van der Waals surface area contributed by atoms with Gasteiger partial charge in [-0.3, -0.25) is 4.79 Å². The van der Waals surface area contributed by atoms with Gasteiger partial charge in [0.05, 0.1) is 39.8 Å². The van der Waals surface area contributed by atoms with Gasteiger partial charge in [0.25, 0.3) is 5.91 Å². The van der Waals surface area contributed by atoms with Gasteiger partial charge < -0.3 is 30.0 Å². The Hall–Kier alpha value is -4.76. The lowest BCUT2D eigenvalue weighted by Crippen LogP contribution is -2.11. The van der Waals surface area contributed by atoms with E-state index in [1.54, 1.807) is 28.4 Å². The Kier molecular flexibility index (Phi) is 7.48. The van der Waals surface area contributed by atoms with E-state index in [1.807, 2.05) is 73.7 Å². The molecule has 5 aromatic rings. The maximum atomic E-state index is 13.4. The first-order chi connectivity index (χ1) is 19.4. The Labute approximate surface area is 236 Å². The Morgan fingerprint density at radius 3 is 1.95 bits per heavy atom. The van der Waals surface area contributed by atoms with Gasteiger partial charge in [-0.2, -0.15) is 0 Å². The number of aromatic nitrogens is 1. The van der Waals surface area contributed by atoms with E-state index in [-0.39, 0.29) is 5.91 Å². The number of hydrogen-bond acceptors (Lipinski definition) is 8. The average molecular weight is 556 g/mol. The number of hydrogen-bond donors (Lipinski definition) is 2. The molecule has 204 valence electrons. The third kappa shape index (κ3) is 4.99. The largest absolute Gasteiger partial charge is 0.493 e. The number of amides is 1. The molecule has 3 N–H and O–H groups in total. The highest BCUT2D eigenvalue weighted by Gasteiger charge is 2.23. The predicted molar refractivity (Wildman–Crippen MR) is 160 cm³/mol. The molecule has 0 spiro atoms. The predicted octanol–water partition coefficient (Wildman–Crippen LogP) is 6.81. The van der Waals surface area contributed by atoms with E-state index >= 15 is 0 Å². The zero-order chi connectivity index (χ0) is 28.4. The minimum atomic E-state index is -0.296. The molecule has 2 aromatic heterocycles. The SMILES string of the molecule is COc1ccc(-c2cc(-c3ccc(OC)c(OC)c3)c3c(N)c(C(=O)Nc4ccc(C)cc4)sc3n2)cc1OC. The summed E-state index contributed by atoms with van der Waals surface area (Å²) in [5.41, 5.74) is 12.0. The van der Waals surface area contributed by atoms with Crippen molar-refractivity contribution in [3.63, 3.8) is 0 Å². The maximum Gasteiger partial charge on any atom is 0.267 e. The minimum Gasteiger partial charge on any atom is -0.493 e. The first-order valence-corrected chi connectivity index (χ1v) is 13.2. The van der Waals surface area contributed by atoms with Crippen LogP contribution in [0.3, 0.4) is 0 Å². The number of anilines is 2. The second-order valence-electron chi connectivity index (χ2n) is 9.04.